The van der Waals surface area contributed by atoms with Crippen LogP contribution in [-0.4, -0.2) is 43.1 Å². The lowest BCUT2D eigenvalue weighted by atomic mass is 10.0. The summed E-state index contributed by atoms with van der Waals surface area (Å²) in [5, 5.41) is 3.23. The van der Waals surface area contributed by atoms with Crippen LogP contribution >= 0.6 is 0 Å². The first kappa shape index (κ1) is 21.3. The Morgan fingerprint density at radius 2 is 1.72 bits per heavy atom. The molecule has 1 amide bonds. The molecular formula is C22H25F3N2O2. The van der Waals surface area contributed by atoms with Crippen molar-refractivity contribution in [1.29, 1.82) is 0 Å². The second-order valence-electron chi connectivity index (χ2n) is 7.14. The normalized spacial score (nSPS) is 16.5. The molecule has 29 heavy (non-hydrogen) atoms. The van der Waals surface area contributed by atoms with Crippen molar-refractivity contribution in [2.75, 3.05) is 26.2 Å². The van der Waals surface area contributed by atoms with E-state index in [2.05, 4.69) is 5.32 Å². The van der Waals surface area contributed by atoms with Gasteiger partial charge in [-0.25, -0.2) is 0 Å². The molecule has 0 aliphatic carbocycles. The summed E-state index contributed by atoms with van der Waals surface area (Å²) < 4.78 is 43.9. The van der Waals surface area contributed by atoms with E-state index in [-0.39, 0.29) is 18.6 Å². The van der Waals surface area contributed by atoms with Crippen LogP contribution in [0.5, 0.6) is 0 Å². The number of carbonyl (C=O) groups is 1. The number of amides is 1. The monoisotopic (exact) mass is 406 g/mol. The van der Waals surface area contributed by atoms with Crippen LogP contribution in [0.2, 0.25) is 0 Å². The molecular weight excluding hydrogens is 381 g/mol. The highest BCUT2D eigenvalue weighted by Gasteiger charge is 2.30. The molecule has 0 unspecified atom stereocenters. The van der Waals surface area contributed by atoms with Gasteiger partial charge in [0.1, 0.15) is 0 Å². The SMILES string of the molecule is O=C1CCNCCN1[C@H](COCc1ccc(C(F)(F)F)cc1)Cc1ccccc1. The highest BCUT2D eigenvalue weighted by Crippen LogP contribution is 2.29. The van der Waals surface area contributed by atoms with Crippen LogP contribution in [0.15, 0.2) is 54.6 Å². The van der Waals surface area contributed by atoms with Gasteiger partial charge in [-0.05, 0) is 29.7 Å². The molecule has 0 saturated carbocycles. The molecule has 0 aromatic heterocycles. The molecule has 0 radical (unpaired) electrons. The minimum atomic E-state index is -4.35. The van der Waals surface area contributed by atoms with E-state index in [1.807, 2.05) is 35.2 Å². The number of hydrogen-bond donors (Lipinski definition) is 1. The molecule has 156 valence electrons. The molecule has 4 nitrogen and oxygen atoms in total. The zero-order chi connectivity index (χ0) is 20.7. The molecule has 1 aliphatic rings. The summed E-state index contributed by atoms with van der Waals surface area (Å²) in [5.41, 5.74) is 1.10. The summed E-state index contributed by atoms with van der Waals surface area (Å²) in [6.07, 6.45) is -3.23. The van der Waals surface area contributed by atoms with Crippen LogP contribution < -0.4 is 5.32 Å². The molecule has 0 spiro atoms. The number of rotatable bonds is 7. The van der Waals surface area contributed by atoms with E-state index in [1.54, 1.807) is 0 Å². The number of hydrogen-bond acceptors (Lipinski definition) is 3. The standard InChI is InChI=1S/C22H25F3N2O2/c23-22(24,25)19-8-6-18(7-9-19)15-29-16-20(14-17-4-2-1-3-5-17)27-13-12-26-11-10-21(27)28/h1-9,20,26H,10-16H2/t20-/m0/s1. The summed E-state index contributed by atoms with van der Waals surface area (Å²) >= 11 is 0. The maximum Gasteiger partial charge on any atom is 0.416 e. The van der Waals surface area contributed by atoms with Crippen molar-refractivity contribution in [3.05, 3.63) is 71.3 Å². The van der Waals surface area contributed by atoms with Crippen LogP contribution in [-0.2, 0) is 28.7 Å². The third kappa shape index (κ3) is 6.30. The second kappa shape index (κ2) is 9.89. The fourth-order valence-corrected chi connectivity index (χ4v) is 3.42. The quantitative estimate of drug-likeness (QED) is 0.763. The Labute approximate surface area is 168 Å². The van der Waals surface area contributed by atoms with Crippen molar-refractivity contribution in [1.82, 2.24) is 10.2 Å². The van der Waals surface area contributed by atoms with Crippen LogP contribution in [0.4, 0.5) is 13.2 Å². The Hall–Kier alpha value is -2.38. The van der Waals surface area contributed by atoms with Gasteiger partial charge in [-0.15, -0.1) is 0 Å². The van der Waals surface area contributed by atoms with E-state index < -0.39 is 11.7 Å². The number of nitrogens with one attached hydrogen (secondary N) is 1. The minimum absolute atomic E-state index is 0.0917. The number of carbonyl (C=O) groups excluding carboxylic acids is 1. The third-order valence-corrected chi connectivity index (χ3v) is 4.98. The Balaban J connectivity index is 1.64. The second-order valence-corrected chi connectivity index (χ2v) is 7.14. The first-order valence-electron chi connectivity index (χ1n) is 9.71. The van der Waals surface area contributed by atoms with Crippen molar-refractivity contribution in [3.8, 4) is 0 Å². The summed E-state index contributed by atoms with van der Waals surface area (Å²) in [4.78, 5) is 14.4. The average Bonchev–Trinajstić information content (AvgIpc) is 2.92. The summed E-state index contributed by atoms with van der Waals surface area (Å²) in [6, 6.07) is 14.7. The molecule has 0 bridgehead atoms. The fourth-order valence-electron chi connectivity index (χ4n) is 3.42. The molecule has 1 N–H and O–H groups in total. The third-order valence-electron chi connectivity index (χ3n) is 4.98. The minimum Gasteiger partial charge on any atom is -0.375 e. The van der Waals surface area contributed by atoms with E-state index in [9.17, 15) is 18.0 Å². The van der Waals surface area contributed by atoms with Crippen LogP contribution in [0, 0.1) is 0 Å². The average molecular weight is 406 g/mol. The van der Waals surface area contributed by atoms with Gasteiger partial charge in [-0.2, -0.15) is 13.2 Å². The molecule has 1 atom stereocenters. The fraction of sp³-hybridized carbons (Fsp3) is 0.409. The predicted octanol–water partition coefficient (Wildman–Crippen LogP) is 3.66. The first-order chi connectivity index (χ1) is 13.9. The van der Waals surface area contributed by atoms with E-state index in [4.69, 9.17) is 4.74 Å². The van der Waals surface area contributed by atoms with Crippen LogP contribution in [0.1, 0.15) is 23.1 Å². The van der Waals surface area contributed by atoms with Gasteiger partial charge in [0, 0.05) is 26.1 Å². The highest BCUT2D eigenvalue weighted by atomic mass is 19.4. The van der Waals surface area contributed by atoms with E-state index in [1.165, 1.54) is 12.1 Å². The topological polar surface area (TPSA) is 41.6 Å². The molecule has 3 rings (SSSR count). The smallest absolute Gasteiger partial charge is 0.375 e. The Bertz CT molecular complexity index is 779. The largest absolute Gasteiger partial charge is 0.416 e. The Kier molecular flexibility index (Phi) is 7.28. The van der Waals surface area contributed by atoms with Crippen LogP contribution in [0.3, 0.4) is 0 Å². The zero-order valence-electron chi connectivity index (χ0n) is 16.1. The van der Waals surface area contributed by atoms with Crippen molar-refractivity contribution in [2.24, 2.45) is 0 Å². The molecule has 1 aliphatic heterocycles. The lowest BCUT2D eigenvalue weighted by Crippen LogP contribution is -2.45. The Morgan fingerprint density at radius 3 is 2.41 bits per heavy atom. The summed E-state index contributed by atoms with van der Waals surface area (Å²) in [5.74, 6) is 0.0917. The molecule has 2 aromatic rings. The molecule has 2 aromatic carbocycles. The van der Waals surface area contributed by atoms with Gasteiger partial charge >= 0.3 is 6.18 Å². The Morgan fingerprint density at radius 1 is 1.00 bits per heavy atom. The van der Waals surface area contributed by atoms with Crippen LogP contribution in [0.25, 0.3) is 0 Å². The van der Waals surface area contributed by atoms with Gasteiger partial charge in [-0.3, -0.25) is 4.79 Å². The maximum absolute atomic E-state index is 12.7. The lowest BCUT2D eigenvalue weighted by molar-refractivity contribution is -0.137. The number of nitrogens with zero attached hydrogens (tertiary/aromatic N) is 1. The van der Waals surface area contributed by atoms with Crippen molar-refractivity contribution in [3.63, 3.8) is 0 Å². The van der Waals surface area contributed by atoms with Crippen molar-refractivity contribution >= 4 is 5.91 Å². The number of ether oxygens (including phenoxy) is 1. The molecule has 7 heteroatoms. The lowest BCUT2D eigenvalue weighted by Gasteiger charge is -2.31. The number of halogens is 3. The predicted molar refractivity (Wildman–Crippen MR) is 104 cm³/mol. The molecule has 1 saturated heterocycles. The van der Waals surface area contributed by atoms with Gasteiger partial charge in [0.25, 0.3) is 0 Å². The van der Waals surface area contributed by atoms with Crippen molar-refractivity contribution < 1.29 is 22.7 Å². The number of benzene rings is 2. The van der Waals surface area contributed by atoms with Crippen molar-refractivity contribution in [2.45, 2.75) is 31.7 Å². The molecule has 1 fully saturated rings. The van der Waals surface area contributed by atoms with Gasteiger partial charge in [-0.1, -0.05) is 42.5 Å². The van der Waals surface area contributed by atoms with E-state index >= 15 is 0 Å². The maximum atomic E-state index is 12.7. The first-order valence-corrected chi connectivity index (χ1v) is 9.71. The zero-order valence-corrected chi connectivity index (χ0v) is 16.1. The molecule has 1 heterocycles. The summed E-state index contributed by atoms with van der Waals surface area (Å²) in [6.45, 7) is 2.53. The summed E-state index contributed by atoms with van der Waals surface area (Å²) in [7, 11) is 0. The van der Waals surface area contributed by atoms with Gasteiger partial charge in [0.2, 0.25) is 5.91 Å². The van der Waals surface area contributed by atoms with E-state index in [0.29, 0.717) is 38.1 Å². The van der Waals surface area contributed by atoms with Gasteiger partial charge in [0.15, 0.2) is 0 Å². The number of alkyl halides is 3. The highest BCUT2D eigenvalue weighted by molar-refractivity contribution is 5.77. The van der Waals surface area contributed by atoms with Gasteiger partial charge in [0.05, 0.1) is 24.8 Å². The van der Waals surface area contributed by atoms with E-state index in [0.717, 1.165) is 24.2 Å². The van der Waals surface area contributed by atoms with Gasteiger partial charge < -0.3 is 15.0 Å².